The maximum Gasteiger partial charge on any atom is 0.265 e. The van der Waals surface area contributed by atoms with Crippen LogP contribution >= 0.6 is 10.7 Å². The van der Waals surface area contributed by atoms with Gasteiger partial charge in [0.2, 0.25) is 9.84 Å². The van der Waals surface area contributed by atoms with Gasteiger partial charge in [-0.15, -0.1) is 0 Å². The molecule has 0 fully saturated rings. The van der Waals surface area contributed by atoms with Crippen molar-refractivity contribution in [2.75, 3.05) is 7.11 Å². The molecule has 0 N–H and O–H groups in total. The van der Waals surface area contributed by atoms with Crippen molar-refractivity contribution < 1.29 is 21.6 Å². The first kappa shape index (κ1) is 14.0. The van der Waals surface area contributed by atoms with Crippen LogP contribution in [0.2, 0.25) is 0 Å². The van der Waals surface area contributed by atoms with Gasteiger partial charge in [-0.05, 0) is 12.1 Å². The third-order valence-electron chi connectivity index (χ3n) is 1.94. The van der Waals surface area contributed by atoms with Gasteiger partial charge in [0.25, 0.3) is 9.05 Å². The van der Waals surface area contributed by atoms with Crippen LogP contribution in [0.25, 0.3) is 0 Å². The second kappa shape index (κ2) is 4.67. The summed E-state index contributed by atoms with van der Waals surface area (Å²) in [6.07, 6.45) is 0. The molecule has 1 rings (SSSR count). The summed E-state index contributed by atoms with van der Waals surface area (Å²) in [6, 6.07) is 3.62. The number of hydrogen-bond donors (Lipinski definition) is 0. The quantitative estimate of drug-likeness (QED) is 0.788. The van der Waals surface area contributed by atoms with E-state index in [0.29, 0.717) is 5.41 Å². The smallest absolute Gasteiger partial charge is 0.265 e. The highest BCUT2D eigenvalue weighted by atomic mass is 35.7. The predicted octanol–water partition coefficient (Wildman–Crippen LogP) is 1.54. The van der Waals surface area contributed by atoms with Crippen molar-refractivity contribution in [2.45, 2.75) is 9.79 Å². The van der Waals surface area contributed by atoms with Gasteiger partial charge in [0.15, 0.2) is 5.75 Å². The number of benzene rings is 1. The fraction of sp³-hybridized carbons (Fsp3) is 0.111. The van der Waals surface area contributed by atoms with Crippen LogP contribution in [0.15, 0.2) is 40.0 Å². The van der Waals surface area contributed by atoms with Crippen LogP contribution in [-0.4, -0.2) is 23.9 Å². The van der Waals surface area contributed by atoms with Crippen LogP contribution in [-0.2, 0) is 18.9 Å². The number of hydrogen-bond acceptors (Lipinski definition) is 5. The summed E-state index contributed by atoms with van der Waals surface area (Å²) in [7, 11) is -1.56. The molecule has 0 unspecified atom stereocenters. The molecule has 0 amide bonds. The van der Waals surface area contributed by atoms with E-state index in [0.717, 1.165) is 13.2 Å². The molecule has 0 saturated heterocycles. The van der Waals surface area contributed by atoms with E-state index in [1.807, 2.05) is 0 Å². The van der Waals surface area contributed by atoms with Gasteiger partial charge in [-0.1, -0.05) is 12.6 Å². The SMILES string of the molecule is C=CS(=O)(=O)c1cccc(S(=O)(=O)Cl)c1OC. The Hall–Kier alpha value is -1.05. The summed E-state index contributed by atoms with van der Waals surface area (Å²) in [6.45, 7) is 3.15. The highest BCUT2D eigenvalue weighted by molar-refractivity contribution is 8.13. The summed E-state index contributed by atoms with van der Waals surface area (Å²) in [5, 5.41) is 0.704. The van der Waals surface area contributed by atoms with Crippen molar-refractivity contribution >= 4 is 29.6 Å². The lowest BCUT2D eigenvalue weighted by molar-refractivity contribution is 0.391. The molecule has 0 heterocycles. The van der Waals surface area contributed by atoms with Crippen LogP contribution in [0.4, 0.5) is 0 Å². The Bertz CT molecular complexity index is 646. The molecule has 0 aromatic heterocycles. The first-order valence-corrected chi connectivity index (χ1v) is 8.09. The number of rotatable bonds is 4. The zero-order chi connectivity index (χ0) is 13.3. The van der Waals surface area contributed by atoms with Crippen molar-refractivity contribution in [3.63, 3.8) is 0 Å². The number of halogens is 1. The Morgan fingerprint density at radius 2 is 1.76 bits per heavy atom. The Labute approximate surface area is 104 Å². The second-order valence-electron chi connectivity index (χ2n) is 2.94. The van der Waals surface area contributed by atoms with E-state index >= 15 is 0 Å². The predicted molar refractivity (Wildman–Crippen MR) is 63.4 cm³/mol. The number of para-hydroxylation sites is 1. The molecule has 8 heteroatoms. The zero-order valence-electron chi connectivity index (χ0n) is 8.75. The van der Waals surface area contributed by atoms with Crippen LogP contribution in [0, 0.1) is 0 Å². The summed E-state index contributed by atoms with van der Waals surface area (Å²) in [4.78, 5) is -0.693. The minimum atomic E-state index is -4.09. The second-order valence-corrected chi connectivity index (χ2v) is 7.33. The van der Waals surface area contributed by atoms with E-state index in [-0.39, 0.29) is 10.6 Å². The van der Waals surface area contributed by atoms with Crippen LogP contribution in [0.1, 0.15) is 0 Å². The van der Waals surface area contributed by atoms with Gasteiger partial charge in [-0.25, -0.2) is 16.8 Å². The molecule has 0 aliphatic rings. The normalized spacial score (nSPS) is 12.1. The van der Waals surface area contributed by atoms with E-state index in [1.54, 1.807) is 0 Å². The van der Waals surface area contributed by atoms with Gasteiger partial charge in [0.1, 0.15) is 9.79 Å². The monoisotopic (exact) mass is 296 g/mol. The van der Waals surface area contributed by atoms with Gasteiger partial charge in [0, 0.05) is 16.1 Å². The topological polar surface area (TPSA) is 77.5 Å². The average Bonchev–Trinajstić information content (AvgIpc) is 2.26. The summed E-state index contributed by atoms with van der Waals surface area (Å²) in [5.74, 6) is -0.317. The molecule has 0 spiro atoms. The molecule has 0 bridgehead atoms. The number of ether oxygens (including phenoxy) is 1. The molecular formula is C9H9ClO5S2. The van der Waals surface area contributed by atoms with E-state index in [4.69, 9.17) is 15.4 Å². The van der Waals surface area contributed by atoms with E-state index in [9.17, 15) is 16.8 Å². The highest BCUT2D eigenvalue weighted by Gasteiger charge is 2.24. The fourth-order valence-electron chi connectivity index (χ4n) is 1.20. The largest absolute Gasteiger partial charge is 0.494 e. The zero-order valence-corrected chi connectivity index (χ0v) is 11.1. The number of sulfone groups is 1. The molecule has 0 saturated carbocycles. The van der Waals surface area contributed by atoms with Gasteiger partial charge in [-0.2, -0.15) is 0 Å². The third kappa shape index (κ3) is 2.80. The van der Waals surface area contributed by atoms with Crippen molar-refractivity contribution in [3.8, 4) is 5.75 Å². The minimum Gasteiger partial charge on any atom is -0.494 e. The molecule has 17 heavy (non-hydrogen) atoms. The standard InChI is InChI=1S/C9H9ClO5S2/c1-3-16(11,12)7-5-4-6-8(9(7)15-2)17(10,13)14/h3-6H,1H2,2H3. The summed E-state index contributed by atoms with van der Waals surface area (Å²) < 4.78 is 50.5. The molecule has 1 aromatic rings. The minimum absolute atomic E-state index is 0.295. The van der Waals surface area contributed by atoms with E-state index in [1.165, 1.54) is 12.1 Å². The molecule has 0 atom stereocenters. The van der Waals surface area contributed by atoms with Crippen LogP contribution < -0.4 is 4.74 Å². The highest BCUT2D eigenvalue weighted by Crippen LogP contribution is 2.33. The molecule has 0 aliphatic carbocycles. The first-order chi connectivity index (χ1) is 7.74. The van der Waals surface area contributed by atoms with Crippen LogP contribution in [0.3, 0.4) is 0 Å². The summed E-state index contributed by atoms with van der Waals surface area (Å²) in [5.41, 5.74) is 0. The van der Waals surface area contributed by atoms with E-state index in [2.05, 4.69) is 6.58 Å². The Morgan fingerprint density at radius 1 is 1.24 bits per heavy atom. The molecule has 0 radical (unpaired) electrons. The Kier molecular flexibility index (Phi) is 3.85. The maximum atomic E-state index is 11.6. The molecule has 94 valence electrons. The fourth-order valence-corrected chi connectivity index (χ4v) is 3.19. The van der Waals surface area contributed by atoms with E-state index < -0.39 is 23.8 Å². The van der Waals surface area contributed by atoms with Gasteiger partial charge in [-0.3, -0.25) is 0 Å². The molecular weight excluding hydrogens is 288 g/mol. The van der Waals surface area contributed by atoms with Crippen molar-refractivity contribution in [1.82, 2.24) is 0 Å². The first-order valence-electron chi connectivity index (χ1n) is 4.23. The number of methoxy groups -OCH3 is 1. The lowest BCUT2D eigenvalue weighted by Gasteiger charge is -2.10. The van der Waals surface area contributed by atoms with Crippen molar-refractivity contribution in [2.24, 2.45) is 0 Å². The maximum absolute atomic E-state index is 11.6. The van der Waals surface area contributed by atoms with Gasteiger partial charge >= 0.3 is 0 Å². The van der Waals surface area contributed by atoms with Gasteiger partial charge < -0.3 is 4.74 Å². The molecule has 0 aliphatic heterocycles. The average molecular weight is 297 g/mol. The Morgan fingerprint density at radius 3 is 2.18 bits per heavy atom. The molecule has 5 nitrogen and oxygen atoms in total. The van der Waals surface area contributed by atoms with Crippen LogP contribution in [0.5, 0.6) is 5.75 Å². The van der Waals surface area contributed by atoms with Crippen molar-refractivity contribution in [3.05, 3.63) is 30.2 Å². The van der Waals surface area contributed by atoms with Gasteiger partial charge in [0.05, 0.1) is 7.11 Å². The lowest BCUT2D eigenvalue weighted by Crippen LogP contribution is -2.04. The lowest BCUT2D eigenvalue weighted by atomic mass is 10.3. The summed E-state index contributed by atoms with van der Waals surface area (Å²) >= 11 is 0. The third-order valence-corrected chi connectivity index (χ3v) is 4.65. The van der Waals surface area contributed by atoms with Crippen molar-refractivity contribution in [1.29, 1.82) is 0 Å². The molecule has 1 aromatic carbocycles. The Balaban J connectivity index is 3.74.